The monoisotopic (exact) mass is 920 g/mol. The van der Waals surface area contributed by atoms with E-state index in [4.69, 9.17) is 4.74 Å². The van der Waals surface area contributed by atoms with Gasteiger partial charge < -0.3 is 20.3 Å². The lowest BCUT2D eigenvalue weighted by Crippen LogP contribution is -2.46. The molecule has 0 aliphatic carbocycles. The Bertz CT molecular complexity index is 944. The molecule has 0 aliphatic heterocycles. The fraction of sp³-hybridized carbons (Fsp3) is 0.966. The molecule has 0 saturated carbocycles. The first-order valence-corrected chi connectivity index (χ1v) is 29.8. The third-order valence-corrected chi connectivity index (χ3v) is 14.2. The number of carbonyl (C=O) groups excluding carboxylic acids is 2. The van der Waals surface area contributed by atoms with Crippen molar-refractivity contribution in [2.24, 2.45) is 0 Å². The number of hydrogen-bond donors (Lipinski definition) is 3. The van der Waals surface area contributed by atoms with Crippen molar-refractivity contribution in [2.45, 2.75) is 360 Å². The molecule has 6 heteroatoms. The Morgan fingerprint density at radius 3 is 0.938 bits per heavy atom. The van der Waals surface area contributed by atoms with Gasteiger partial charge >= 0.3 is 5.97 Å². The normalized spacial score (nSPS) is 13.0. The number of hydrogen-bond acceptors (Lipinski definition) is 5. The van der Waals surface area contributed by atoms with E-state index in [9.17, 15) is 19.8 Å². The number of unbranched alkanes of at least 4 members (excludes halogenated alkanes) is 43. The number of nitrogens with one attached hydrogen (secondary N) is 1. The number of rotatable bonds is 55. The van der Waals surface area contributed by atoms with Crippen LogP contribution in [0.1, 0.15) is 342 Å². The molecule has 3 N–H and O–H groups in total. The number of carbonyl (C=O) groups is 2. The lowest BCUT2D eigenvalue weighted by Gasteiger charge is -2.24. The molecular weight excluding hydrogens is 803 g/mol. The van der Waals surface area contributed by atoms with Crippen LogP contribution >= 0.6 is 0 Å². The van der Waals surface area contributed by atoms with Gasteiger partial charge in [0.2, 0.25) is 5.91 Å². The first-order valence-electron chi connectivity index (χ1n) is 29.8. The average molecular weight is 921 g/mol. The number of aliphatic hydroxyl groups excluding tert-OH is 2. The maximum Gasteiger partial charge on any atom is 0.306 e. The topological polar surface area (TPSA) is 95.9 Å². The number of ether oxygens (including phenoxy) is 1. The molecular formula is C59H117NO5. The van der Waals surface area contributed by atoms with Gasteiger partial charge in [-0.25, -0.2) is 0 Å². The largest absolute Gasteiger partial charge is 0.462 e. The van der Waals surface area contributed by atoms with E-state index >= 15 is 0 Å². The summed E-state index contributed by atoms with van der Waals surface area (Å²) in [5.74, 6) is -0.443. The van der Waals surface area contributed by atoms with E-state index in [2.05, 4.69) is 26.1 Å². The maximum absolute atomic E-state index is 13.3. The first kappa shape index (κ1) is 63.9. The minimum atomic E-state index is -0.780. The first-order chi connectivity index (χ1) is 32.0. The summed E-state index contributed by atoms with van der Waals surface area (Å²) in [6.07, 6.45) is 60.3. The second-order valence-electron chi connectivity index (χ2n) is 20.8. The molecule has 0 heterocycles. The Hall–Kier alpha value is -1.14. The molecule has 0 aromatic rings. The van der Waals surface area contributed by atoms with Crippen molar-refractivity contribution >= 4 is 11.9 Å². The van der Waals surface area contributed by atoms with Crippen molar-refractivity contribution < 1.29 is 24.5 Å². The Kier molecular flexibility index (Phi) is 52.9. The van der Waals surface area contributed by atoms with Gasteiger partial charge in [0.25, 0.3) is 0 Å². The second kappa shape index (κ2) is 53.8. The third kappa shape index (κ3) is 49.1. The molecule has 0 rings (SSSR count). The fourth-order valence-electron chi connectivity index (χ4n) is 9.67. The minimum Gasteiger partial charge on any atom is -0.462 e. The predicted molar refractivity (Wildman–Crippen MR) is 283 cm³/mol. The molecule has 0 aliphatic rings. The van der Waals surface area contributed by atoms with Crippen molar-refractivity contribution in [2.75, 3.05) is 6.61 Å². The van der Waals surface area contributed by atoms with E-state index in [0.29, 0.717) is 19.3 Å². The van der Waals surface area contributed by atoms with Gasteiger partial charge in [-0.05, 0) is 25.7 Å². The fourth-order valence-corrected chi connectivity index (χ4v) is 9.67. The van der Waals surface area contributed by atoms with Gasteiger partial charge in [-0.15, -0.1) is 0 Å². The molecule has 0 fully saturated rings. The van der Waals surface area contributed by atoms with Crippen LogP contribution in [-0.2, 0) is 14.3 Å². The van der Waals surface area contributed by atoms with Crippen molar-refractivity contribution in [3.63, 3.8) is 0 Å². The van der Waals surface area contributed by atoms with Gasteiger partial charge in [-0.3, -0.25) is 9.59 Å². The van der Waals surface area contributed by atoms with Crippen LogP contribution < -0.4 is 5.32 Å². The SMILES string of the molecule is CCCCCCCCCCCCCCCCCCCC(O)C(CO)NC(=O)CC(CCCCCCCCCCCCCCCC)OC(=O)CCCCCCCCCCCCCCCCC. The Morgan fingerprint density at radius 1 is 0.385 bits per heavy atom. The van der Waals surface area contributed by atoms with Gasteiger partial charge in [-0.2, -0.15) is 0 Å². The molecule has 0 aromatic carbocycles. The third-order valence-electron chi connectivity index (χ3n) is 14.2. The van der Waals surface area contributed by atoms with Crippen LogP contribution in [0.5, 0.6) is 0 Å². The highest BCUT2D eigenvalue weighted by atomic mass is 16.5. The quantitative estimate of drug-likeness (QED) is 0.0417. The van der Waals surface area contributed by atoms with Gasteiger partial charge in [0.05, 0.1) is 25.2 Å². The molecule has 0 spiro atoms. The van der Waals surface area contributed by atoms with Crippen LogP contribution in [-0.4, -0.2) is 46.9 Å². The summed E-state index contributed by atoms with van der Waals surface area (Å²) in [7, 11) is 0. The summed E-state index contributed by atoms with van der Waals surface area (Å²) >= 11 is 0. The summed E-state index contributed by atoms with van der Waals surface area (Å²) in [4.78, 5) is 26.3. The zero-order valence-corrected chi connectivity index (χ0v) is 44.4. The molecule has 0 saturated heterocycles. The van der Waals surface area contributed by atoms with Crippen LogP contribution in [0.3, 0.4) is 0 Å². The van der Waals surface area contributed by atoms with E-state index in [-0.39, 0.29) is 24.9 Å². The smallest absolute Gasteiger partial charge is 0.306 e. The molecule has 1 amide bonds. The van der Waals surface area contributed by atoms with Gasteiger partial charge in [0.15, 0.2) is 0 Å². The number of amides is 1. The summed E-state index contributed by atoms with van der Waals surface area (Å²) in [6, 6.07) is -0.693. The molecule has 3 atom stereocenters. The van der Waals surface area contributed by atoms with E-state index < -0.39 is 18.2 Å². The van der Waals surface area contributed by atoms with Crippen LogP contribution in [0.25, 0.3) is 0 Å². The zero-order valence-electron chi connectivity index (χ0n) is 44.4. The van der Waals surface area contributed by atoms with Crippen LogP contribution in [0.4, 0.5) is 0 Å². The zero-order chi connectivity index (χ0) is 47.4. The summed E-state index contributed by atoms with van der Waals surface area (Å²) in [6.45, 7) is 6.54. The van der Waals surface area contributed by atoms with Gasteiger partial charge in [-0.1, -0.05) is 303 Å². The van der Waals surface area contributed by atoms with E-state index in [1.165, 1.54) is 257 Å². The van der Waals surface area contributed by atoms with Crippen molar-refractivity contribution in [1.82, 2.24) is 5.32 Å². The number of esters is 1. The summed E-state index contributed by atoms with van der Waals surface area (Å²) in [5.41, 5.74) is 0. The highest BCUT2D eigenvalue weighted by Gasteiger charge is 2.24. The number of aliphatic hydroxyl groups is 2. The summed E-state index contributed by atoms with van der Waals surface area (Å²) in [5, 5.41) is 23.9. The Labute approximate surface area is 406 Å². The van der Waals surface area contributed by atoms with Crippen LogP contribution in [0.2, 0.25) is 0 Å². The molecule has 0 aromatic heterocycles. The molecule has 0 radical (unpaired) electrons. The van der Waals surface area contributed by atoms with E-state index in [1.54, 1.807) is 0 Å². The highest BCUT2D eigenvalue weighted by Crippen LogP contribution is 2.19. The van der Waals surface area contributed by atoms with Crippen molar-refractivity contribution in [3.8, 4) is 0 Å². The Balaban J connectivity index is 4.45. The van der Waals surface area contributed by atoms with Crippen LogP contribution in [0, 0.1) is 0 Å². The lowest BCUT2D eigenvalue weighted by molar-refractivity contribution is -0.151. The van der Waals surface area contributed by atoms with Crippen LogP contribution in [0.15, 0.2) is 0 Å². The maximum atomic E-state index is 13.3. The standard InChI is InChI=1S/C59H117NO5/c1-4-7-10-13-16-19-22-25-28-29-31-33-36-39-42-45-48-51-57(62)56(54-61)60-58(63)53-55(50-47-44-41-38-35-32-27-24-21-18-15-12-9-6-3)65-59(64)52-49-46-43-40-37-34-30-26-23-20-17-14-11-8-5-2/h55-57,61-62H,4-54H2,1-3H3,(H,60,63). The van der Waals surface area contributed by atoms with E-state index in [1.807, 2.05) is 0 Å². The Morgan fingerprint density at radius 2 is 0.646 bits per heavy atom. The predicted octanol–water partition coefficient (Wildman–Crippen LogP) is 18.3. The van der Waals surface area contributed by atoms with Gasteiger partial charge in [0.1, 0.15) is 6.10 Å². The molecule has 3 unspecified atom stereocenters. The lowest BCUT2D eigenvalue weighted by atomic mass is 10.0. The molecule has 388 valence electrons. The van der Waals surface area contributed by atoms with E-state index in [0.717, 1.165) is 38.5 Å². The summed E-state index contributed by atoms with van der Waals surface area (Å²) < 4.78 is 5.97. The molecule has 0 bridgehead atoms. The highest BCUT2D eigenvalue weighted by molar-refractivity contribution is 5.77. The molecule has 65 heavy (non-hydrogen) atoms. The van der Waals surface area contributed by atoms with Gasteiger partial charge in [0, 0.05) is 6.42 Å². The second-order valence-corrected chi connectivity index (χ2v) is 20.8. The van der Waals surface area contributed by atoms with Crippen molar-refractivity contribution in [1.29, 1.82) is 0 Å². The minimum absolute atomic E-state index is 0.0887. The van der Waals surface area contributed by atoms with Crippen molar-refractivity contribution in [3.05, 3.63) is 0 Å². The average Bonchev–Trinajstić information content (AvgIpc) is 3.30. The molecule has 6 nitrogen and oxygen atoms in total.